The monoisotopic (exact) mass is 281 g/mol. The number of carbonyl (C=O) groups is 1. The Morgan fingerprint density at radius 2 is 1.95 bits per heavy atom. The molecule has 0 aromatic heterocycles. The van der Waals surface area contributed by atoms with E-state index in [-0.39, 0.29) is 11.7 Å². The number of aromatic hydroxyl groups is 1. The molecule has 1 N–H and O–H groups in total. The Bertz CT molecular complexity index is 679. The maximum Gasteiger partial charge on any atom is 0.262 e. The average molecular weight is 281 g/mol. The first kappa shape index (κ1) is 13.7. The maximum absolute atomic E-state index is 12.9. The summed E-state index contributed by atoms with van der Waals surface area (Å²) in [6.45, 7) is 2.62. The number of nitrogens with zero attached hydrogens (tertiary/aromatic N) is 1. The number of hydrogen-bond acceptors (Lipinski definition) is 2. The summed E-state index contributed by atoms with van der Waals surface area (Å²) in [7, 11) is 0. The molecule has 21 heavy (non-hydrogen) atoms. The number of phenols is 1. The number of fused-ring (bicyclic) bond motifs is 1. The minimum atomic E-state index is -0.120. The molecule has 1 aliphatic rings. The topological polar surface area (TPSA) is 40.5 Å². The molecule has 0 spiro atoms. The van der Waals surface area contributed by atoms with E-state index in [0.29, 0.717) is 12.1 Å². The van der Waals surface area contributed by atoms with E-state index in [4.69, 9.17) is 0 Å². The number of phenolic OH excluding ortho intramolecular Hbond substituents is 1. The van der Waals surface area contributed by atoms with Gasteiger partial charge in [-0.15, -0.1) is 0 Å². The molecule has 0 aliphatic carbocycles. The molecular formula is C18H19NO2. The van der Waals surface area contributed by atoms with Gasteiger partial charge in [0.1, 0.15) is 5.75 Å². The maximum atomic E-state index is 12.9. The number of carbonyl (C=O) groups excluding carboxylic acids is 1. The Morgan fingerprint density at radius 1 is 1.14 bits per heavy atom. The van der Waals surface area contributed by atoms with Crippen molar-refractivity contribution in [1.82, 2.24) is 0 Å². The second kappa shape index (κ2) is 5.60. The van der Waals surface area contributed by atoms with Crippen LogP contribution in [-0.2, 0) is 6.42 Å². The molecule has 2 aromatic carbocycles. The number of amides is 1. The lowest BCUT2D eigenvalue weighted by Crippen LogP contribution is -2.31. The first-order valence-corrected chi connectivity index (χ1v) is 7.36. The SMILES string of the molecule is Cc1ccc(O)c(C(=O)N2CCCCc3ccccc32)c1. The van der Waals surface area contributed by atoms with E-state index in [1.54, 1.807) is 17.0 Å². The molecule has 0 fully saturated rings. The van der Waals surface area contributed by atoms with Crippen LogP contribution in [0.3, 0.4) is 0 Å². The van der Waals surface area contributed by atoms with Gasteiger partial charge in [-0.3, -0.25) is 4.79 Å². The smallest absolute Gasteiger partial charge is 0.262 e. The number of anilines is 1. The summed E-state index contributed by atoms with van der Waals surface area (Å²) in [5, 5.41) is 10.0. The van der Waals surface area contributed by atoms with Crippen molar-refractivity contribution in [1.29, 1.82) is 0 Å². The molecule has 3 rings (SSSR count). The predicted octanol–water partition coefficient (Wildman–Crippen LogP) is 3.68. The summed E-state index contributed by atoms with van der Waals surface area (Å²) >= 11 is 0. The van der Waals surface area contributed by atoms with Crippen LogP contribution in [0.2, 0.25) is 0 Å². The van der Waals surface area contributed by atoms with Crippen molar-refractivity contribution in [3.8, 4) is 5.75 Å². The van der Waals surface area contributed by atoms with Crippen LogP contribution in [0, 0.1) is 6.92 Å². The quantitative estimate of drug-likeness (QED) is 0.866. The van der Waals surface area contributed by atoms with Gasteiger partial charge in [0.2, 0.25) is 0 Å². The third-order valence-electron chi connectivity index (χ3n) is 3.99. The Morgan fingerprint density at radius 3 is 2.81 bits per heavy atom. The normalized spacial score (nSPS) is 14.4. The van der Waals surface area contributed by atoms with Crippen molar-refractivity contribution in [2.45, 2.75) is 26.2 Å². The molecule has 0 bridgehead atoms. The Balaban J connectivity index is 2.03. The minimum absolute atomic E-state index is 0.0485. The van der Waals surface area contributed by atoms with Crippen LogP contribution in [0.4, 0.5) is 5.69 Å². The second-order valence-electron chi connectivity index (χ2n) is 5.56. The third-order valence-corrected chi connectivity index (χ3v) is 3.99. The summed E-state index contributed by atoms with van der Waals surface area (Å²) in [5.74, 6) is -0.0714. The molecule has 108 valence electrons. The van der Waals surface area contributed by atoms with Gasteiger partial charge < -0.3 is 10.0 Å². The number of para-hydroxylation sites is 1. The number of hydrogen-bond donors (Lipinski definition) is 1. The fourth-order valence-corrected chi connectivity index (χ4v) is 2.87. The Labute approximate surface area is 124 Å². The Hall–Kier alpha value is -2.29. The van der Waals surface area contributed by atoms with Crippen molar-refractivity contribution in [3.05, 3.63) is 59.2 Å². The zero-order valence-electron chi connectivity index (χ0n) is 12.2. The lowest BCUT2D eigenvalue weighted by molar-refractivity contribution is 0.0984. The molecule has 3 heteroatoms. The van der Waals surface area contributed by atoms with Gasteiger partial charge >= 0.3 is 0 Å². The van der Waals surface area contributed by atoms with Crippen molar-refractivity contribution in [2.75, 3.05) is 11.4 Å². The summed E-state index contributed by atoms with van der Waals surface area (Å²) in [6, 6.07) is 13.2. The van der Waals surface area contributed by atoms with E-state index >= 15 is 0 Å². The largest absolute Gasteiger partial charge is 0.507 e. The predicted molar refractivity (Wildman–Crippen MR) is 83.9 cm³/mol. The molecule has 0 saturated carbocycles. The highest BCUT2D eigenvalue weighted by molar-refractivity contribution is 6.08. The van der Waals surface area contributed by atoms with Crippen LogP contribution in [0.25, 0.3) is 0 Å². The number of aryl methyl sites for hydroxylation is 2. The van der Waals surface area contributed by atoms with E-state index < -0.39 is 0 Å². The van der Waals surface area contributed by atoms with Gasteiger partial charge in [-0.2, -0.15) is 0 Å². The summed E-state index contributed by atoms with van der Waals surface area (Å²) in [6.07, 6.45) is 3.06. The van der Waals surface area contributed by atoms with Crippen LogP contribution in [0.5, 0.6) is 5.75 Å². The molecule has 1 amide bonds. The van der Waals surface area contributed by atoms with Crippen LogP contribution in [-0.4, -0.2) is 17.6 Å². The summed E-state index contributed by atoms with van der Waals surface area (Å²) < 4.78 is 0. The van der Waals surface area contributed by atoms with E-state index in [0.717, 1.165) is 30.5 Å². The highest BCUT2D eigenvalue weighted by Crippen LogP contribution is 2.29. The van der Waals surface area contributed by atoms with Gasteiger partial charge in [0.15, 0.2) is 0 Å². The van der Waals surface area contributed by atoms with Crippen molar-refractivity contribution in [2.24, 2.45) is 0 Å². The van der Waals surface area contributed by atoms with Crippen LogP contribution in [0.15, 0.2) is 42.5 Å². The van der Waals surface area contributed by atoms with Gasteiger partial charge in [-0.05, 0) is 49.9 Å². The molecule has 3 nitrogen and oxygen atoms in total. The Kier molecular flexibility index (Phi) is 3.65. The summed E-state index contributed by atoms with van der Waals surface area (Å²) in [5.41, 5.74) is 3.53. The van der Waals surface area contributed by atoms with Crippen LogP contribution < -0.4 is 4.90 Å². The van der Waals surface area contributed by atoms with E-state index in [1.165, 1.54) is 5.56 Å². The molecular weight excluding hydrogens is 262 g/mol. The lowest BCUT2D eigenvalue weighted by Gasteiger charge is -2.23. The molecule has 0 unspecified atom stereocenters. The first-order chi connectivity index (χ1) is 10.2. The minimum Gasteiger partial charge on any atom is -0.507 e. The molecule has 0 saturated heterocycles. The summed E-state index contributed by atoms with van der Waals surface area (Å²) in [4.78, 5) is 14.7. The second-order valence-corrected chi connectivity index (χ2v) is 5.56. The van der Waals surface area contributed by atoms with Crippen molar-refractivity contribution < 1.29 is 9.90 Å². The van der Waals surface area contributed by atoms with Gasteiger partial charge in [-0.25, -0.2) is 0 Å². The van der Waals surface area contributed by atoms with Crippen molar-refractivity contribution in [3.63, 3.8) is 0 Å². The van der Waals surface area contributed by atoms with E-state index in [1.807, 2.05) is 31.2 Å². The lowest BCUT2D eigenvalue weighted by atomic mass is 10.1. The van der Waals surface area contributed by atoms with E-state index in [2.05, 4.69) is 6.07 Å². The fraction of sp³-hybridized carbons (Fsp3) is 0.278. The fourth-order valence-electron chi connectivity index (χ4n) is 2.87. The van der Waals surface area contributed by atoms with Gasteiger partial charge in [0.05, 0.1) is 5.56 Å². The number of rotatable bonds is 1. The first-order valence-electron chi connectivity index (χ1n) is 7.36. The van der Waals surface area contributed by atoms with Gasteiger partial charge in [-0.1, -0.05) is 29.8 Å². The van der Waals surface area contributed by atoms with Crippen LogP contribution >= 0.6 is 0 Å². The molecule has 1 aliphatic heterocycles. The number of benzene rings is 2. The highest BCUT2D eigenvalue weighted by Gasteiger charge is 2.24. The molecule has 0 atom stereocenters. The zero-order chi connectivity index (χ0) is 14.8. The highest BCUT2D eigenvalue weighted by atomic mass is 16.3. The van der Waals surface area contributed by atoms with E-state index in [9.17, 15) is 9.90 Å². The molecule has 0 radical (unpaired) electrons. The van der Waals surface area contributed by atoms with Gasteiger partial charge in [0, 0.05) is 12.2 Å². The third kappa shape index (κ3) is 2.64. The molecule has 2 aromatic rings. The molecule has 1 heterocycles. The zero-order valence-corrected chi connectivity index (χ0v) is 12.2. The average Bonchev–Trinajstić information content (AvgIpc) is 2.71. The van der Waals surface area contributed by atoms with Gasteiger partial charge in [0.25, 0.3) is 5.91 Å². The van der Waals surface area contributed by atoms with Crippen molar-refractivity contribution >= 4 is 11.6 Å². The standard InChI is InChI=1S/C18H19NO2/c1-13-9-10-17(20)15(12-13)18(21)19-11-5-4-7-14-6-2-3-8-16(14)19/h2-3,6,8-10,12,20H,4-5,7,11H2,1H3. The van der Waals surface area contributed by atoms with Crippen LogP contribution in [0.1, 0.15) is 34.3 Å².